The molecule has 0 aromatic heterocycles. The molecule has 14 rings (SSSR count). The van der Waals surface area contributed by atoms with Gasteiger partial charge in [0.15, 0.2) is 0 Å². The first kappa shape index (κ1) is 42.4. The van der Waals surface area contributed by atoms with Crippen molar-refractivity contribution in [3.8, 4) is 22.3 Å². The smallest absolute Gasteiger partial charge is 0.0969 e. The summed E-state index contributed by atoms with van der Waals surface area (Å²) in [7, 11) is 0. The monoisotopic (exact) mass is 935 g/mol. The third kappa shape index (κ3) is 6.35. The van der Waals surface area contributed by atoms with Crippen LogP contribution in [0, 0.1) is 0 Å². The highest BCUT2D eigenvalue weighted by Crippen LogP contribution is 2.65. The molecule has 3 aliphatic carbocycles. The van der Waals surface area contributed by atoms with Crippen LogP contribution in [0.5, 0.6) is 0 Å². The Morgan fingerprint density at radius 2 is 0.861 bits per heavy atom. The molecule has 1 atom stereocenters. The van der Waals surface area contributed by atoms with Crippen molar-refractivity contribution in [2.45, 2.75) is 27.9 Å². The number of fused-ring (bicyclic) bond motifs is 10. The van der Waals surface area contributed by atoms with Crippen LogP contribution in [0.4, 0.5) is 17.1 Å². The van der Waals surface area contributed by atoms with E-state index in [1.54, 1.807) is 0 Å². The number of thioether (sulfide) groups is 1. The topological polar surface area (TPSA) is 3.24 Å². The van der Waals surface area contributed by atoms with Gasteiger partial charge in [-0.25, -0.2) is 0 Å². The van der Waals surface area contributed by atoms with Crippen LogP contribution in [0.2, 0.25) is 0 Å². The Morgan fingerprint density at radius 1 is 0.375 bits per heavy atom. The highest BCUT2D eigenvalue weighted by Gasteiger charge is 2.50. The molecular weight excluding hydrogens is 887 g/mol. The van der Waals surface area contributed by atoms with Gasteiger partial charge in [-0.2, -0.15) is 0 Å². The maximum atomic E-state index is 4.73. The minimum atomic E-state index is -0.513. The zero-order valence-corrected chi connectivity index (χ0v) is 40.6. The van der Waals surface area contributed by atoms with Gasteiger partial charge in [0.05, 0.1) is 10.2 Å². The van der Waals surface area contributed by atoms with Gasteiger partial charge in [0.25, 0.3) is 0 Å². The summed E-state index contributed by atoms with van der Waals surface area (Å²) in [6.45, 7) is 4.73. The summed E-state index contributed by atoms with van der Waals surface area (Å²) in [6, 6.07) is 94.5. The average Bonchev–Trinajstić information content (AvgIpc) is 3.87. The first-order valence-corrected chi connectivity index (χ1v) is 26.0. The lowest BCUT2D eigenvalue weighted by Gasteiger charge is -2.35. The Labute approximate surface area is 426 Å². The lowest BCUT2D eigenvalue weighted by Crippen LogP contribution is -2.28. The van der Waals surface area contributed by atoms with Crippen LogP contribution in [0.3, 0.4) is 0 Å². The molecule has 1 aliphatic heterocycles. The van der Waals surface area contributed by atoms with E-state index in [2.05, 4.69) is 266 Å². The third-order valence-corrected chi connectivity index (χ3v) is 17.4. The van der Waals surface area contributed by atoms with E-state index < -0.39 is 10.2 Å². The van der Waals surface area contributed by atoms with Crippen molar-refractivity contribution in [3.05, 3.63) is 329 Å². The van der Waals surface area contributed by atoms with Gasteiger partial charge in [-0.05, 0) is 155 Å². The molecular formula is C70H49NS. The van der Waals surface area contributed by atoms with Crippen molar-refractivity contribution in [1.29, 1.82) is 0 Å². The van der Waals surface area contributed by atoms with Crippen molar-refractivity contribution in [3.63, 3.8) is 0 Å². The average molecular weight is 936 g/mol. The summed E-state index contributed by atoms with van der Waals surface area (Å²) < 4.78 is -0.422. The molecule has 0 radical (unpaired) electrons. The molecule has 1 spiro atoms. The summed E-state index contributed by atoms with van der Waals surface area (Å²) in [5, 5.41) is 0. The standard InChI is InChI=1S/C70H49NS/c1-47-57-25-11-16-30-64(57)70(72-68-32-18-14-26-58(47)68)65-31-17-13-28-60(65)62-43-37-51(45-67(62)70)50-35-40-55(41-36-50)71(54-38-33-49(34-39-54)48-19-5-2-6-20-48)56-42-44-61-59-27-12-15-29-63(59)69(66(61)46-56,52-21-7-3-8-22-52)53-23-9-4-10-24-53/h2-36,38-42,44-46H,1,37,43H2. The maximum absolute atomic E-state index is 4.73. The van der Waals surface area contributed by atoms with Crippen molar-refractivity contribution in [2.75, 3.05) is 4.90 Å². The largest absolute Gasteiger partial charge is 0.310 e. The minimum Gasteiger partial charge on any atom is -0.310 e. The fourth-order valence-electron chi connectivity index (χ4n) is 12.6. The van der Waals surface area contributed by atoms with Gasteiger partial charge in [0.2, 0.25) is 0 Å². The molecule has 0 fully saturated rings. The molecule has 1 heterocycles. The van der Waals surface area contributed by atoms with E-state index in [1.165, 1.54) is 99.5 Å². The van der Waals surface area contributed by atoms with Gasteiger partial charge in [0, 0.05) is 22.0 Å². The second-order valence-corrected chi connectivity index (χ2v) is 20.7. The van der Waals surface area contributed by atoms with Crippen LogP contribution in [0.1, 0.15) is 68.5 Å². The highest BCUT2D eigenvalue weighted by molar-refractivity contribution is 8.00. The molecule has 4 aliphatic rings. The van der Waals surface area contributed by atoms with Crippen molar-refractivity contribution < 1.29 is 0 Å². The number of rotatable bonds is 7. The highest BCUT2D eigenvalue weighted by atomic mass is 32.2. The Bertz CT molecular complexity index is 3790. The molecule has 0 bridgehead atoms. The van der Waals surface area contributed by atoms with Crippen LogP contribution in [-0.4, -0.2) is 0 Å². The summed E-state index contributed by atoms with van der Waals surface area (Å²) in [6.07, 6.45) is 4.50. The first-order chi connectivity index (χ1) is 35.6. The second kappa shape index (κ2) is 16.9. The number of anilines is 3. The van der Waals surface area contributed by atoms with E-state index in [1.807, 2.05) is 11.8 Å². The number of hydrogen-bond donors (Lipinski definition) is 0. The lowest BCUT2D eigenvalue weighted by molar-refractivity contribution is 0.768. The van der Waals surface area contributed by atoms with Gasteiger partial charge in [-0.3, -0.25) is 0 Å². The van der Waals surface area contributed by atoms with Crippen LogP contribution < -0.4 is 4.90 Å². The summed E-state index contributed by atoms with van der Waals surface area (Å²) in [5.74, 6) is 0. The van der Waals surface area contributed by atoms with Gasteiger partial charge in [0.1, 0.15) is 0 Å². The van der Waals surface area contributed by atoms with Gasteiger partial charge >= 0.3 is 0 Å². The van der Waals surface area contributed by atoms with E-state index in [4.69, 9.17) is 6.58 Å². The molecule has 2 heteroatoms. The summed E-state index contributed by atoms with van der Waals surface area (Å²) in [5.41, 5.74) is 25.9. The molecule has 10 aromatic rings. The minimum absolute atomic E-state index is 0.422. The predicted octanol–water partition coefficient (Wildman–Crippen LogP) is 18.2. The Hall–Kier alpha value is -8.43. The molecule has 340 valence electrons. The van der Waals surface area contributed by atoms with E-state index in [9.17, 15) is 0 Å². The predicted molar refractivity (Wildman–Crippen MR) is 302 cm³/mol. The number of nitrogens with zero attached hydrogens (tertiary/aromatic N) is 1. The van der Waals surface area contributed by atoms with E-state index in [0.717, 1.165) is 35.5 Å². The Morgan fingerprint density at radius 3 is 1.53 bits per heavy atom. The summed E-state index contributed by atoms with van der Waals surface area (Å²) >= 11 is 1.99. The van der Waals surface area contributed by atoms with Gasteiger partial charge in [-0.1, -0.05) is 225 Å². The van der Waals surface area contributed by atoms with Crippen LogP contribution in [-0.2, 0) is 10.2 Å². The molecule has 0 saturated heterocycles. The van der Waals surface area contributed by atoms with Crippen LogP contribution in [0.15, 0.2) is 278 Å². The zero-order valence-electron chi connectivity index (χ0n) is 39.8. The second-order valence-electron chi connectivity index (χ2n) is 19.5. The maximum Gasteiger partial charge on any atom is 0.0969 e. The number of hydrogen-bond acceptors (Lipinski definition) is 2. The Balaban J connectivity index is 0.917. The molecule has 1 nitrogen and oxygen atoms in total. The quantitative estimate of drug-likeness (QED) is 0.157. The zero-order chi connectivity index (χ0) is 47.8. The van der Waals surface area contributed by atoms with Crippen molar-refractivity contribution in [1.82, 2.24) is 0 Å². The molecule has 10 aromatic carbocycles. The molecule has 72 heavy (non-hydrogen) atoms. The van der Waals surface area contributed by atoms with Crippen molar-refractivity contribution >= 4 is 45.5 Å². The third-order valence-electron chi connectivity index (χ3n) is 15.8. The van der Waals surface area contributed by atoms with E-state index in [-0.39, 0.29) is 0 Å². The fourth-order valence-corrected chi connectivity index (χ4v) is 14.3. The van der Waals surface area contributed by atoms with Gasteiger partial charge in [-0.15, -0.1) is 11.8 Å². The molecule has 1 unspecified atom stereocenters. The number of allylic oxidation sites excluding steroid dienone is 3. The normalized spacial score (nSPS) is 16.7. The fraction of sp³-hybridized carbons (Fsp3) is 0.0571. The SMILES string of the molecule is C=C1c2ccccc2SC2(C3=C(CCC(c4ccc(N(c5ccc(-c6ccccc6)cc5)c5ccc6c(c5)C(c5ccccc5)(c5ccccc5)c5ccccc5-6)cc4)=C3)c3ccccc32)c2ccccc21. The first-order valence-electron chi connectivity index (χ1n) is 25.1. The molecule has 0 amide bonds. The van der Waals surface area contributed by atoms with Crippen molar-refractivity contribution in [2.24, 2.45) is 0 Å². The van der Waals surface area contributed by atoms with E-state index >= 15 is 0 Å². The molecule has 0 N–H and O–H groups in total. The summed E-state index contributed by atoms with van der Waals surface area (Å²) in [4.78, 5) is 3.72. The van der Waals surface area contributed by atoms with Crippen LogP contribution in [0.25, 0.3) is 39.0 Å². The van der Waals surface area contributed by atoms with Gasteiger partial charge < -0.3 is 4.90 Å². The Kier molecular flexibility index (Phi) is 9.95. The number of benzene rings is 10. The van der Waals surface area contributed by atoms with Crippen LogP contribution >= 0.6 is 11.8 Å². The van der Waals surface area contributed by atoms with E-state index in [0.29, 0.717) is 0 Å². The molecule has 0 saturated carbocycles. The lowest BCUT2D eigenvalue weighted by atomic mass is 9.67.